The molecule has 0 spiro atoms. The first-order valence-corrected chi connectivity index (χ1v) is 7.69. The molecule has 2 atom stereocenters. The molecule has 3 rings (SSSR count). The van der Waals surface area contributed by atoms with E-state index >= 15 is 0 Å². The molecule has 2 aromatic heterocycles. The van der Waals surface area contributed by atoms with Crippen molar-refractivity contribution in [3.8, 4) is 0 Å². The summed E-state index contributed by atoms with van der Waals surface area (Å²) in [5.41, 5.74) is 12.4. The minimum Gasteiger partial charge on any atom is -0.397 e. The first kappa shape index (κ1) is 15.6. The summed E-state index contributed by atoms with van der Waals surface area (Å²) in [5, 5.41) is 18.2. The van der Waals surface area contributed by atoms with Crippen LogP contribution in [-0.4, -0.2) is 32.3 Å². The lowest BCUT2D eigenvalue weighted by molar-refractivity contribution is -0.0283. The van der Waals surface area contributed by atoms with Gasteiger partial charge in [0.05, 0.1) is 40.4 Å². The Kier molecular flexibility index (Phi) is 3.30. The van der Waals surface area contributed by atoms with Gasteiger partial charge in [-0.25, -0.2) is 4.52 Å². The maximum absolute atomic E-state index is 11.8. The number of amides is 1. The lowest BCUT2D eigenvalue weighted by Crippen LogP contribution is -2.45. The molecule has 2 heterocycles. The third kappa shape index (κ3) is 2.31. The molecular weight excluding hydrogens is 294 g/mol. The zero-order chi connectivity index (χ0) is 17.0. The molecule has 0 unspecified atom stereocenters. The molecule has 7 nitrogen and oxygen atoms in total. The lowest BCUT2D eigenvalue weighted by atomic mass is 9.76. The van der Waals surface area contributed by atoms with Gasteiger partial charge in [0.2, 0.25) is 0 Å². The van der Waals surface area contributed by atoms with Gasteiger partial charge in [0, 0.05) is 11.5 Å². The Labute approximate surface area is 134 Å². The third-order valence-corrected chi connectivity index (χ3v) is 5.42. The molecule has 0 aliphatic heterocycles. The number of hydrogen-bond acceptors (Lipinski definition) is 5. The summed E-state index contributed by atoms with van der Waals surface area (Å²) in [6, 6.07) is 1.75. The highest BCUT2D eigenvalue weighted by Crippen LogP contribution is 2.47. The van der Waals surface area contributed by atoms with E-state index in [0.717, 1.165) is 6.42 Å². The molecule has 7 heteroatoms. The average molecular weight is 317 g/mol. The zero-order valence-electron chi connectivity index (χ0n) is 13.6. The van der Waals surface area contributed by atoms with E-state index in [1.54, 1.807) is 16.8 Å². The number of hydrogen-bond donors (Lipinski definition) is 4. The Hall–Kier alpha value is -2.28. The van der Waals surface area contributed by atoms with Crippen LogP contribution in [0.2, 0.25) is 0 Å². The molecule has 1 aliphatic rings. The van der Waals surface area contributed by atoms with Crippen LogP contribution < -0.4 is 16.8 Å². The van der Waals surface area contributed by atoms with Gasteiger partial charge in [-0.15, -0.1) is 0 Å². The fourth-order valence-corrected chi connectivity index (χ4v) is 3.33. The summed E-state index contributed by atoms with van der Waals surface area (Å²) < 4.78 is 1.62. The summed E-state index contributed by atoms with van der Waals surface area (Å²) in [5.74, 6) is -0.551. The van der Waals surface area contributed by atoms with E-state index in [0.29, 0.717) is 28.9 Å². The highest BCUT2D eigenvalue weighted by molar-refractivity contribution is 6.02. The molecule has 0 aromatic carbocycles. The predicted molar refractivity (Wildman–Crippen MR) is 89.2 cm³/mol. The van der Waals surface area contributed by atoms with E-state index in [1.807, 2.05) is 20.8 Å². The number of carbonyl (C=O) groups is 1. The van der Waals surface area contributed by atoms with Crippen LogP contribution in [0.25, 0.3) is 5.52 Å². The molecule has 0 bridgehead atoms. The number of nitrogens with zero attached hydrogens (tertiary/aromatic N) is 2. The normalized spacial score (nSPS) is 26.5. The second-order valence-corrected chi connectivity index (χ2v) is 7.13. The van der Waals surface area contributed by atoms with Crippen molar-refractivity contribution in [3.63, 3.8) is 0 Å². The van der Waals surface area contributed by atoms with Gasteiger partial charge in [0.15, 0.2) is 0 Å². The highest BCUT2D eigenvalue weighted by atomic mass is 16.3. The van der Waals surface area contributed by atoms with Gasteiger partial charge in [-0.2, -0.15) is 5.10 Å². The Balaban J connectivity index is 2.09. The Morgan fingerprint density at radius 2 is 2.17 bits per heavy atom. The number of primary amides is 1. The molecule has 0 radical (unpaired) electrons. The van der Waals surface area contributed by atoms with Gasteiger partial charge in [-0.05, 0) is 25.8 Å². The number of nitrogens with one attached hydrogen (secondary N) is 1. The number of aromatic nitrogens is 2. The molecule has 124 valence electrons. The predicted octanol–water partition coefficient (Wildman–Crippen LogP) is 1.37. The van der Waals surface area contributed by atoms with Crippen LogP contribution in [0.4, 0.5) is 11.4 Å². The highest BCUT2D eigenvalue weighted by Gasteiger charge is 2.50. The van der Waals surface area contributed by atoms with Crippen molar-refractivity contribution >= 4 is 22.8 Å². The minimum absolute atomic E-state index is 0.00192. The molecule has 1 fully saturated rings. The van der Waals surface area contributed by atoms with Crippen LogP contribution in [0.1, 0.15) is 44.0 Å². The molecule has 0 saturated heterocycles. The standard InChI is InChI=1S/C16H23N5O2/c1-15(2)12(4-5-16(15,3)23)20-13-10(14(18)22)7-19-21-8-9(17)6-11(13)21/h6-8,12,20,23H,4-5,17H2,1-3H3,(H2,18,22)/t12-,16-/m0/s1. The molecule has 2 aromatic rings. The van der Waals surface area contributed by atoms with Gasteiger partial charge in [-0.3, -0.25) is 4.79 Å². The summed E-state index contributed by atoms with van der Waals surface area (Å²) in [7, 11) is 0. The van der Waals surface area contributed by atoms with Gasteiger partial charge < -0.3 is 21.9 Å². The Morgan fingerprint density at radius 3 is 2.74 bits per heavy atom. The number of anilines is 2. The monoisotopic (exact) mass is 317 g/mol. The number of nitrogen functional groups attached to an aromatic ring is 1. The van der Waals surface area contributed by atoms with Crippen LogP contribution in [-0.2, 0) is 0 Å². The number of nitrogens with two attached hydrogens (primary N) is 2. The first-order chi connectivity index (χ1) is 10.6. The SMILES string of the molecule is CC1(C)[C@@H](Nc2c(C(N)=O)cnn3cc(N)cc23)CC[C@]1(C)O. The van der Waals surface area contributed by atoms with E-state index in [4.69, 9.17) is 11.5 Å². The summed E-state index contributed by atoms with van der Waals surface area (Å²) >= 11 is 0. The van der Waals surface area contributed by atoms with E-state index in [1.165, 1.54) is 6.20 Å². The van der Waals surface area contributed by atoms with Crippen molar-refractivity contribution in [3.05, 3.63) is 24.0 Å². The van der Waals surface area contributed by atoms with Gasteiger partial charge in [0.25, 0.3) is 5.91 Å². The lowest BCUT2D eigenvalue weighted by Gasteiger charge is -2.38. The van der Waals surface area contributed by atoms with Gasteiger partial charge >= 0.3 is 0 Å². The first-order valence-electron chi connectivity index (χ1n) is 7.69. The maximum atomic E-state index is 11.8. The van der Waals surface area contributed by atoms with Gasteiger partial charge in [-0.1, -0.05) is 13.8 Å². The summed E-state index contributed by atoms with van der Waals surface area (Å²) in [6.07, 6.45) is 4.61. The van der Waals surface area contributed by atoms with E-state index in [2.05, 4.69) is 10.4 Å². The second kappa shape index (κ2) is 4.86. The van der Waals surface area contributed by atoms with Crippen LogP contribution in [0, 0.1) is 5.41 Å². The zero-order valence-corrected chi connectivity index (χ0v) is 13.6. The topological polar surface area (TPSA) is 119 Å². The molecule has 23 heavy (non-hydrogen) atoms. The fraction of sp³-hybridized carbons (Fsp3) is 0.500. The van der Waals surface area contributed by atoms with Crippen molar-refractivity contribution in [1.82, 2.24) is 9.61 Å². The van der Waals surface area contributed by atoms with Crippen molar-refractivity contribution in [2.75, 3.05) is 11.1 Å². The molecule has 1 amide bonds. The van der Waals surface area contributed by atoms with Gasteiger partial charge in [0.1, 0.15) is 0 Å². The molecular formula is C16H23N5O2. The molecule has 6 N–H and O–H groups in total. The number of fused-ring (bicyclic) bond motifs is 1. The van der Waals surface area contributed by atoms with Crippen molar-refractivity contribution < 1.29 is 9.90 Å². The van der Waals surface area contributed by atoms with Crippen molar-refractivity contribution in [1.29, 1.82) is 0 Å². The van der Waals surface area contributed by atoms with Crippen LogP contribution in [0.15, 0.2) is 18.5 Å². The maximum Gasteiger partial charge on any atom is 0.252 e. The second-order valence-electron chi connectivity index (χ2n) is 7.13. The molecule has 1 saturated carbocycles. The molecule has 1 aliphatic carbocycles. The van der Waals surface area contributed by atoms with Crippen LogP contribution in [0.3, 0.4) is 0 Å². The van der Waals surface area contributed by atoms with E-state index < -0.39 is 11.5 Å². The smallest absolute Gasteiger partial charge is 0.252 e. The minimum atomic E-state index is -0.776. The Morgan fingerprint density at radius 1 is 1.48 bits per heavy atom. The van der Waals surface area contributed by atoms with Crippen LogP contribution in [0.5, 0.6) is 0 Å². The van der Waals surface area contributed by atoms with Crippen LogP contribution >= 0.6 is 0 Å². The van der Waals surface area contributed by atoms with E-state index in [9.17, 15) is 9.90 Å². The third-order valence-electron chi connectivity index (χ3n) is 5.42. The number of rotatable bonds is 3. The summed E-state index contributed by atoms with van der Waals surface area (Å²) in [4.78, 5) is 11.8. The quantitative estimate of drug-likeness (QED) is 0.681. The number of aliphatic hydroxyl groups is 1. The van der Waals surface area contributed by atoms with Crippen molar-refractivity contribution in [2.45, 2.75) is 45.3 Å². The largest absolute Gasteiger partial charge is 0.397 e. The Bertz CT molecular complexity index is 778. The fourth-order valence-electron chi connectivity index (χ4n) is 3.33. The average Bonchev–Trinajstić information content (AvgIpc) is 2.90. The van der Waals surface area contributed by atoms with Crippen molar-refractivity contribution in [2.24, 2.45) is 11.1 Å². The van der Waals surface area contributed by atoms with E-state index in [-0.39, 0.29) is 11.5 Å². The number of carbonyl (C=O) groups excluding carboxylic acids is 1. The summed E-state index contributed by atoms with van der Waals surface area (Å²) in [6.45, 7) is 5.89.